The van der Waals surface area contributed by atoms with Crippen molar-refractivity contribution in [2.24, 2.45) is 10.2 Å². The Labute approximate surface area is 134 Å². The molecule has 0 unspecified atom stereocenters. The van der Waals surface area contributed by atoms with E-state index in [9.17, 15) is 0 Å². The molecule has 4 nitrogen and oxygen atoms in total. The molecule has 0 saturated carbocycles. The van der Waals surface area contributed by atoms with Crippen LogP contribution >= 0.6 is 23.5 Å². The third-order valence-electron chi connectivity index (χ3n) is 0.913. The SMILES string of the molecule is CS/C([S-])=N\N(C)C.CS/C([S-])=N\N(C)C.[Ni+2]. The maximum absolute atomic E-state index is 4.79. The van der Waals surface area contributed by atoms with Gasteiger partial charge in [-0.2, -0.15) is 0 Å². The molecule has 0 aromatic rings. The fourth-order valence-corrected chi connectivity index (χ4v) is 1.22. The molecule has 0 saturated heterocycles. The first-order chi connectivity index (χ1) is 7.33. The average Bonchev–Trinajstić information content (AvgIpc) is 2.16. The molecule has 0 atom stereocenters. The van der Waals surface area contributed by atoms with E-state index in [2.05, 4.69) is 10.2 Å². The van der Waals surface area contributed by atoms with Crippen LogP contribution in [0.25, 0.3) is 0 Å². The second-order valence-electron chi connectivity index (χ2n) is 2.83. The van der Waals surface area contributed by atoms with Crippen LogP contribution in [0.4, 0.5) is 0 Å². The van der Waals surface area contributed by atoms with Gasteiger partial charge in [0.2, 0.25) is 0 Å². The topological polar surface area (TPSA) is 31.2 Å². The van der Waals surface area contributed by atoms with Crippen LogP contribution < -0.4 is 0 Å². The van der Waals surface area contributed by atoms with E-state index >= 15 is 0 Å². The Hall–Kier alpha value is 0.574. The summed E-state index contributed by atoms with van der Waals surface area (Å²) >= 11 is 12.5. The Kier molecular flexibility index (Phi) is 19.6. The van der Waals surface area contributed by atoms with E-state index in [-0.39, 0.29) is 16.5 Å². The first-order valence-electron chi connectivity index (χ1n) is 4.27. The predicted molar refractivity (Wildman–Crippen MR) is 84.0 cm³/mol. The molecule has 0 bridgehead atoms. The van der Waals surface area contributed by atoms with Gasteiger partial charge in [0, 0.05) is 28.2 Å². The van der Waals surface area contributed by atoms with Gasteiger partial charge in [-0.05, 0) is 21.3 Å². The minimum absolute atomic E-state index is 0. The monoisotopic (exact) mass is 356 g/mol. The van der Waals surface area contributed by atoms with Crippen LogP contribution in [0.3, 0.4) is 0 Å². The molecule has 0 aromatic carbocycles. The second-order valence-corrected chi connectivity index (χ2v) is 5.71. The second kappa shape index (κ2) is 14.6. The van der Waals surface area contributed by atoms with Crippen molar-refractivity contribution in [3.05, 3.63) is 0 Å². The van der Waals surface area contributed by atoms with E-state index in [0.29, 0.717) is 8.75 Å². The van der Waals surface area contributed by atoms with Gasteiger partial charge in [0.05, 0.1) is 0 Å². The number of nitrogens with zero attached hydrogens (tertiary/aromatic N) is 4. The number of hydrogen-bond acceptors (Lipinski definition) is 8. The fraction of sp³-hybridized carbons (Fsp3) is 0.750. The summed E-state index contributed by atoms with van der Waals surface area (Å²) in [6.07, 6.45) is 3.82. The smallest absolute Gasteiger partial charge is 0.752 e. The molecule has 0 rings (SSSR count). The summed E-state index contributed by atoms with van der Waals surface area (Å²) in [5, 5.41) is 11.2. The van der Waals surface area contributed by atoms with Gasteiger partial charge >= 0.3 is 16.5 Å². The zero-order chi connectivity index (χ0) is 13.1. The molecule has 0 amide bonds. The summed E-state index contributed by atoms with van der Waals surface area (Å²) in [4.78, 5) is 0. The number of hydrazone groups is 2. The van der Waals surface area contributed by atoms with Crippen molar-refractivity contribution >= 4 is 57.5 Å². The average molecular weight is 357 g/mol. The molecule has 104 valence electrons. The van der Waals surface area contributed by atoms with Crippen LogP contribution in [0.1, 0.15) is 0 Å². The Balaban J connectivity index is -0.000000218. The zero-order valence-electron chi connectivity index (χ0n) is 10.7. The first kappa shape index (κ1) is 22.7. The zero-order valence-corrected chi connectivity index (χ0v) is 15.0. The van der Waals surface area contributed by atoms with Crippen LogP contribution in [-0.2, 0) is 41.7 Å². The summed E-state index contributed by atoms with van der Waals surface area (Å²) in [6.45, 7) is 0. The van der Waals surface area contributed by atoms with Crippen molar-refractivity contribution in [1.29, 1.82) is 0 Å². The Bertz CT molecular complexity index is 210. The van der Waals surface area contributed by atoms with Gasteiger partial charge < -0.3 is 35.3 Å². The van der Waals surface area contributed by atoms with Gasteiger partial charge in [-0.25, -0.2) is 10.2 Å². The molecule has 17 heavy (non-hydrogen) atoms. The van der Waals surface area contributed by atoms with Crippen LogP contribution in [0, 0.1) is 0 Å². The van der Waals surface area contributed by atoms with E-state index < -0.39 is 0 Å². The maximum Gasteiger partial charge on any atom is 2.00 e. The minimum Gasteiger partial charge on any atom is -0.752 e. The summed E-state index contributed by atoms with van der Waals surface area (Å²) in [7, 11) is 7.40. The maximum atomic E-state index is 4.79. The van der Waals surface area contributed by atoms with Gasteiger partial charge in [-0.15, -0.1) is 23.5 Å². The van der Waals surface area contributed by atoms with Gasteiger partial charge in [0.1, 0.15) is 0 Å². The molecule has 0 aliphatic rings. The Morgan fingerprint density at radius 3 is 1.12 bits per heavy atom. The summed E-state index contributed by atoms with van der Waals surface area (Å²) in [5.41, 5.74) is 0. The van der Waals surface area contributed by atoms with E-state index in [1.54, 1.807) is 10.0 Å². The Morgan fingerprint density at radius 2 is 1.06 bits per heavy atom. The molecular weight excluding hydrogens is 339 g/mol. The van der Waals surface area contributed by atoms with E-state index in [1.807, 2.05) is 40.7 Å². The van der Waals surface area contributed by atoms with E-state index in [4.69, 9.17) is 25.3 Å². The van der Waals surface area contributed by atoms with Gasteiger partial charge in [0.25, 0.3) is 0 Å². The molecular formula is C8H18N4NiS4. The molecule has 0 fully saturated rings. The molecule has 0 aliphatic heterocycles. The van der Waals surface area contributed by atoms with E-state index in [0.717, 1.165) is 0 Å². The normalized spacial score (nSPS) is 10.9. The van der Waals surface area contributed by atoms with Crippen LogP contribution in [0.15, 0.2) is 10.2 Å². The number of rotatable bonds is 2. The molecule has 0 aromatic heterocycles. The van der Waals surface area contributed by atoms with Crippen molar-refractivity contribution in [2.45, 2.75) is 0 Å². The van der Waals surface area contributed by atoms with Crippen LogP contribution in [-0.4, -0.2) is 59.5 Å². The van der Waals surface area contributed by atoms with Gasteiger partial charge in [0.15, 0.2) is 0 Å². The van der Waals surface area contributed by atoms with Crippen molar-refractivity contribution in [2.75, 3.05) is 40.7 Å². The summed E-state index contributed by atoms with van der Waals surface area (Å²) in [5.74, 6) is 0. The van der Waals surface area contributed by atoms with Crippen molar-refractivity contribution in [1.82, 2.24) is 10.0 Å². The molecule has 0 heterocycles. The molecule has 0 spiro atoms. The molecule has 0 N–H and O–H groups in total. The standard InChI is InChI=1S/2C4H10N2S2.Ni/c2*1-6(2)5-4(7)8-3;/h2*1-3H3,(H,5,7);/q;;+2/p-2. The van der Waals surface area contributed by atoms with Gasteiger partial charge in [-0.3, -0.25) is 0 Å². The minimum atomic E-state index is 0. The largest absolute Gasteiger partial charge is 2.00 e. The van der Waals surface area contributed by atoms with Gasteiger partial charge in [-0.1, -0.05) is 0 Å². The summed E-state index contributed by atoms with van der Waals surface area (Å²) < 4.78 is 1.35. The van der Waals surface area contributed by atoms with Crippen molar-refractivity contribution < 1.29 is 16.5 Å². The number of thioether (sulfide) groups is 2. The van der Waals surface area contributed by atoms with Crippen LogP contribution in [0.5, 0.6) is 0 Å². The first-order valence-corrected chi connectivity index (χ1v) is 7.54. The van der Waals surface area contributed by atoms with Crippen molar-refractivity contribution in [3.8, 4) is 0 Å². The third-order valence-corrected chi connectivity index (χ3v) is 2.94. The number of hydrogen-bond donors (Lipinski definition) is 0. The molecule has 0 radical (unpaired) electrons. The van der Waals surface area contributed by atoms with Crippen molar-refractivity contribution in [3.63, 3.8) is 0 Å². The van der Waals surface area contributed by atoms with Crippen LogP contribution in [0.2, 0.25) is 0 Å². The quantitative estimate of drug-likeness (QED) is 0.245. The molecule has 0 aliphatic carbocycles. The molecule has 9 heteroatoms. The van der Waals surface area contributed by atoms with E-state index in [1.165, 1.54) is 23.5 Å². The fourth-order valence-electron chi connectivity index (χ4n) is 0.408. The predicted octanol–water partition coefficient (Wildman–Crippen LogP) is 1.46. The Morgan fingerprint density at radius 1 is 0.824 bits per heavy atom. The summed E-state index contributed by atoms with van der Waals surface area (Å²) in [6, 6.07) is 0. The third kappa shape index (κ3) is 22.3.